The Morgan fingerprint density at radius 3 is 2.50 bits per heavy atom. The van der Waals surface area contributed by atoms with Crippen LogP contribution in [0.3, 0.4) is 0 Å². The van der Waals surface area contributed by atoms with Gasteiger partial charge in [-0.15, -0.1) is 0 Å². The molecule has 0 aromatic heterocycles. The van der Waals surface area contributed by atoms with Gasteiger partial charge < -0.3 is 41.2 Å². The summed E-state index contributed by atoms with van der Waals surface area (Å²) in [6, 6.07) is 7.38. The van der Waals surface area contributed by atoms with E-state index < -0.39 is 30.8 Å². The molecule has 1 aromatic rings. The Kier molecular flexibility index (Phi) is 11.5. The largest absolute Gasteiger partial charge is 0.480 e. The molecule has 0 aliphatic carbocycles. The Balaban J connectivity index is 1.53. The van der Waals surface area contributed by atoms with Crippen molar-refractivity contribution >= 4 is 30.0 Å². The summed E-state index contributed by atoms with van der Waals surface area (Å²) in [5, 5.41) is 22.5. The molecule has 2 rings (SSSR count). The summed E-state index contributed by atoms with van der Waals surface area (Å²) in [6.07, 6.45) is -0.893. The predicted molar refractivity (Wildman–Crippen MR) is 121 cm³/mol. The van der Waals surface area contributed by atoms with Gasteiger partial charge in [0.2, 0.25) is 5.91 Å². The van der Waals surface area contributed by atoms with Crippen LogP contribution in [0.4, 0.5) is 9.59 Å². The molecule has 1 heterocycles. The average molecular weight is 479 g/mol. The maximum atomic E-state index is 11.8. The summed E-state index contributed by atoms with van der Waals surface area (Å²) < 4.78 is 9.78. The molecule has 0 unspecified atom stereocenters. The van der Waals surface area contributed by atoms with Gasteiger partial charge in [0.15, 0.2) is 12.0 Å². The van der Waals surface area contributed by atoms with Crippen molar-refractivity contribution in [2.45, 2.75) is 25.5 Å². The second-order valence-corrected chi connectivity index (χ2v) is 7.16. The number of aliphatic imine (C=N–C) groups is 1. The van der Waals surface area contributed by atoms with Crippen LogP contribution in [0.2, 0.25) is 0 Å². The maximum Gasteiger partial charge on any atom is 0.408 e. The topological polar surface area (TPSA) is 179 Å². The highest BCUT2D eigenvalue weighted by Gasteiger charge is 2.22. The molecule has 1 atom stereocenters. The number of guanidine groups is 1. The maximum absolute atomic E-state index is 11.8. The number of hydrogen-bond donors (Lipinski definition) is 6. The Morgan fingerprint density at radius 1 is 1.03 bits per heavy atom. The fourth-order valence-electron chi connectivity index (χ4n) is 2.72. The molecule has 0 saturated carbocycles. The van der Waals surface area contributed by atoms with Crippen LogP contribution in [-0.4, -0.2) is 80.5 Å². The van der Waals surface area contributed by atoms with E-state index in [0.717, 1.165) is 24.6 Å². The zero-order valence-electron chi connectivity index (χ0n) is 18.7. The molecule has 186 valence electrons. The van der Waals surface area contributed by atoms with Gasteiger partial charge in [-0.25, -0.2) is 14.4 Å². The third-order valence-corrected chi connectivity index (χ3v) is 4.45. The van der Waals surface area contributed by atoms with Crippen LogP contribution in [0.25, 0.3) is 0 Å². The van der Waals surface area contributed by atoms with Crippen molar-refractivity contribution in [3.63, 3.8) is 0 Å². The molecule has 0 saturated heterocycles. The number of amides is 3. The second-order valence-electron chi connectivity index (χ2n) is 7.16. The number of nitrogens with zero attached hydrogens (tertiary/aromatic N) is 1. The van der Waals surface area contributed by atoms with Crippen LogP contribution in [0.1, 0.15) is 18.4 Å². The van der Waals surface area contributed by atoms with Crippen LogP contribution >= 0.6 is 0 Å². The number of alkyl carbamates (subject to hydrolysis) is 2. The van der Waals surface area contributed by atoms with E-state index in [4.69, 9.17) is 9.47 Å². The lowest BCUT2D eigenvalue weighted by Crippen LogP contribution is -2.45. The molecule has 1 aromatic carbocycles. The summed E-state index contributed by atoms with van der Waals surface area (Å²) in [4.78, 5) is 50.8. The van der Waals surface area contributed by atoms with Gasteiger partial charge in [0.1, 0.15) is 13.2 Å². The van der Waals surface area contributed by atoms with Crippen molar-refractivity contribution in [1.82, 2.24) is 26.6 Å². The quantitative estimate of drug-likeness (QED) is 0.205. The number of ether oxygens (including phenoxy) is 2. The summed E-state index contributed by atoms with van der Waals surface area (Å²) in [6.45, 7) is 1.81. The van der Waals surface area contributed by atoms with Crippen LogP contribution < -0.4 is 26.6 Å². The van der Waals surface area contributed by atoms with Crippen molar-refractivity contribution in [1.29, 1.82) is 0 Å². The molecule has 1 aliphatic rings. The summed E-state index contributed by atoms with van der Waals surface area (Å²) in [5.41, 5.74) is 0.736. The third-order valence-electron chi connectivity index (χ3n) is 4.45. The number of benzene rings is 1. The molecule has 13 heteroatoms. The van der Waals surface area contributed by atoms with Crippen LogP contribution in [0.5, 0.6) is 0 Å². The molecule has 1 aliphatic heterocycles. The lowest BCUT2D eigenvalue weighted by molar-refractivity contribution is -0.140. The fourth-order valence-corrected chi connectivity index (χ4v) is 2.72. The molecule has 6 N–H and O–H groups in total. The molecule has 34 heavy (non-hydrogen) atoms. The van der Waals surface area contributed by atoms with E-state index in [1.807, 2.05) is 6.07 Å². The van der Waals surface area contributed by atoms with Gasteiger partial charge in [-0.05, 0) is 12.0 Å². The number of carboxylic acids is 1. The van der Waals surface area contributed by atoms with E-state index in [0.29, 0.717) is 19.4 Å². The number of hydrogen-bond acceptors (Lipinski definition) is 9. The normalized spacial score (nSPS) is 13.0. The van der Waals surface area contributed by atoms with Gasteiger partial charge in [0.25, 0.3) is 0 Å². The molecule has 0 fully saturated rings. The second kappa shape index (κ2) is 14.9. The fraction of sp³-hybridized carbons (Fsp3) is 0.476. The van der Waals surface area contributed by atoms with Gasteiger partial charge in [-0.2, -0.15) is 0 Å². The van der Waals surface area contributed by atoms with Crippen LogP contribution in [-0.2, 0) is 25.7 Å². The standard InChI is InChI=1S/C21H30N6O7/c28-17(7-4-8-23-19-24-10-11-25-19)22-9-12-26-20(31)34-14-16(18(29)30)27-21(32)33-13-15-5-2-1-3-6-15/h1-3,5-6,16H,4,7-14H2,(H,22,28)(H,26,31)(H,27,32)(H,29,30)(H2,23,24,25)/t16-/m0/s1. The lowest BCUT2D eigenvalue weighted by atomic mass is 10.2. The number of carbonyl (C=O) groups is 4. The van der Waals surface area contributed by atoms with Gasteiger partial charge in [0, 0.05) is 32.6 Å². The van der Waals surface area contributed by atoms with Crippen molar-refractivity contribution in [2.24, 2.45) is 4.99 Å². The van der Waals surface area contributed by atoms with Crippen molar-refractivity contribution < 1.29 is 33.8 Å². The molecule has 13 nitrogen and oxygen atoms in total. The van der Waals surface area contributed by atoms with E-state index in [1.54, 1.807) is 24.3 Å². The number of aliphatic carboxylic acids is 1. The van der Waals surface area contributed by atoms with E-state index in [-0.39, 0.29) is 25.6 Å². The summed E-state index contributed by atoms with van der Waals surface area (Å²) in [7, 11) is 0. The first-order valence-electron chi connectivity index (χ1n) is 10.8. The SMILES string of the molecule is O=C(CCCNC1=NCCN1)NCCNC(=O)OC[C@H](NC(=O)OCc1ccccc1)C(=O)O. The van der Waals surface area contributed by atoms with E-state index in [2.05, 4.69) is 31.6 Å². The minimum atomic E-state index is -1.48. The zero-order chi connectivity index (χ0) is 24.6. The molecule has 0 spiro atoms. The van der Waals surface area contributed by atoms with Gasteiger partial charge in [0.05, 0.1) is 6.54 Å². The van der Waals surface area contributed by atoms with Gasteiger partial charge >= 0.3 is 18.2 Å². The van der Waals surface area contributed by atoms with Gasteiger partial charge in [-0.1, -0.05) is 30.3 Å². The van der Waals surface area contributed by atoms with E-state index >= 15 is 0 Å². The Morgan fingerprint density at radius 2 is 1.79 bits per heavy atom. The summed E-state index contributed by atoms with van der Waals surface area (Å²) >= 11 is 0. The highest BCUT2D eigenvalue weighted by atomic mass is 16.6. The van der Waals surface area contributed by atoms with Gasteiger partial charge in [-0.3, -0.25) is 9.79 Å². The number of rotatable bonds is 13. The minimum absolute atomic E-state index is 0.0326. The number of carbonyl (C=O) groups excluding carboxylic acids is 3. The van der Waals surface area contributed by atoms with Crippen molar-refractivity contribution in [2.75, 3.05) is 39.3 Å². The highest BCUT2D eigenvalue weighted by molar-refractivity contribution is 5.81. The Bertz CT molecular complexity index is 849. The highest BCUT2D eigenvalue weighted by Crippen LogP contribution is 2.01. The predicted octanol–water partition coefficient (Wildman–Crippen LogP) is -0.463. The Hall–Kier alpha value is -4.03. The van der Waals surface area contributed by atoms with Crippen molar-refractivity contribution in [3.8, 4) is 0 Å². The van der Waals surface area contributed by atoms with E-state index in [1.165, 1.54) is 0 Å². The molecule has 0 radical (unpaired) electrons. The minimum Gasteiger partial charge on any atom is -0.480 e. The lowest BCUT2D eigenvalue weighted by Gasteiger charge is -2.15. The summed E-state index contributed by atoms with van der Waals surface area (Å²) in [5.74, 6) is -0.808. The molecule has 0 bridgehead atoms. The monoisotopic (exact) mass is 478 g/mol. The smallest absolute Gasteiger partial charge is 0.408 e. The first kappa shape index (κ1) is 26.2. The van der Waals surface area contributed by atoms with Crippen LogP contribution in [0.15, 0.2) is 35.3 Å². The first-order valence-corrected chi connectivity index (χ1v) is 10.8. The average Bonchev–Trinajstić information content (AvgIpc) is 3.35. The molecular weight excluding hydrogens is 448 g/mol. The number of carboxylic acid groups (broad SMARTS) is 1. The molecule has 3 amide bonds. The van der Waals surface area contributed by atoms with Crippen molar-refractivity contribution in [3.05, 3.63) is 35.9 Å². The number of nitrogens with one attached hydrogen (secondary N) is 5. The zero-order valence-corrected chi connectivity index (χ0v) is 18.7. The van der Waals surface area contributed by atoms with Crippen LogP contribution in [0, 0.1) is 0 Å². The Labute approximate surface area is 196 Å². The van der Waals surface area contributed by atoms with E-state index in [9.17, 15) is 24.3 Å². The first-order chi connectivity index (χ1) is 16.4. The third kappa shape index (κ3) is 11.0. The molecular formula is C21H30N6O7.